The first-order chi connectivity index (χ1) is 8.27. The Labute approximate surface area is 99.6 Å². The van der Waals surface area contributed by atoms with Gasteiger partial charge in [0.15, 0.2) is 0 Å². The van der Waals surface area contributed by atoms with E-state index in [1.54, 1.807) is 0 Å². The van der Waals surface area contributed by atoms with Crippen LogP contribution in [0.25, 0.3) is 11.0 Å². The highest BCUT2D eigenvalue weighted by Crippen LogP contribution is 2.26. The zero-order valence-electron chi connectivity index (χ0n) is 9.94. The second-order valence-electron chi connectivity index (χ2n) is 4.85. The molecule has 0 spiro atoms. The molecule has 17 heavy (non-hydrogen) atoms. The molecule has 0 aliphatic carbocycles. The van der Waals surface area contributed by atoms with Crippen molar-refractivity contribution in [2.24, 2.45) is 5.92 Å². The number of piperidine rings is 1. The largest absolute Gasteiger partial charge is 0.326 e. The summed E-state index contributed by atoms with van der Waals surface area (Å²) in [6.07, 6.45) is 1.02. The summed E-state index contributed by atoms with van der Waals surface area (Å²) in [5, 5.41) is 3.37. The standard InChI is InChI=1S/C13H17N3O/c1-9-8-14-7-6-11(9)16-12-5-3-2-4-10(12)15-13(16)17/h2-5,9,11,14H,6-8H2,1H3,(H,15,17)/t9-,11-/m1/s1. The van der Waals surface area contributed by atoms with E-state index in [4.69, 9.17) is 0 Å². The number of para-hydroxylation sites is 2. The second-order valence-corrected chi connectivity index (χ2v) is 4.85. The summed E-state index contributed by atoms with van der Waals surface area (Å²) in [5.41, 5.74) is 1.98. The molecule has 4 nitrogen and oxygen atoms in total. The van der Waals surface area contributed by atoms with Crippen LogP contribution in [0.4, 0.5) is 0 Å². The SMILES string of the molecule is C[C@@H]1CNCC[C@H]1n1c(=O)[nH]c2ccccc21. The smallest absolute Gasteiger partial charge is 0.316 e. The van der Waals surface area contributed by atoms with Crippen molar-refractivity contribution in [2.45, 2.75) is 19.4 Å². The van der Waals surface area contributed by atoms with Gasteiger partial charge in [0.1, 0.15) is 0 Å². The lowest BCUT2D eigenvalue weighted by molar-refractivity contribution is 0.274. The molecule has 2 atom stereocenters. The first kappa shape index (κ1) is 10.6. The van der Waals surface area contributed by atoms with E-state index in [1.807, 2.05) is 28.8 Å². The summed E-state index contributed by atoms with van der Waals surface area (Å²) >= 11 is 0. The first-order valence-corrected chi connectivity index (χ1v) is 6.17. The molecule has 1 aromatic heterocycles. The van der Waals surface area contributed by atoms with Crippen LogP contribution in [-0.4, -0.2) is 22.6 Å². The number of aromatic amines is 1. The summed E-state index contributed by atoms with van der Waals surface area (Å²) in [7, 11) is 0. The van der Waals surface area contributed by atoms with Crippen LogP contribution in [0.5, 0.6) is 0 Å². The van der Waals surface area contributed by atoms with Gasteiger partial charge in [-0.25, -0.2) is 4.79 Å². The molecule has 2 aromatic rings. The van der Waals surface area contributed by atoms with E-state index in [0.29, 0.717) is 12.0 Å². The van der Waals surface area contributed by atoms with Gasteiger partial charge in [0.2, 0.25) is 0 Å². The Morgan fingerprint density at radius 2 is 2.18 bits per heavy atom. The van der Waals surface area contributed by atoms with Crippen molar-refractivity contribution in [2.75, 3.05) is 13.1 Å². The number of aromatic nitrogens is 2. The molecule has 1 aliphatic heterocycles. The predicted octanol–water partition coefficient (Wildman–Crippen LogP) is 1.50. The lowest BCUT2D eigenvalue weighted by atomic mass is 9.95. The van der Waals surface area contributed by atoms with Crippen molar-refractivity contribution in [1.82, 2.24) is 14.9 Å². The van der Waals surface area contributed by atoms with Crippen LogP contribution in [0.1, 0.15) is 19.4 Å². The van der Waals surface area contributed by atoms with Crippen LogP contribution in [-0.2, 0) is 0 Å². The third-order valence-corrected chi connectivity index (χ3v) is 3.70. The molecule has 2 N–H and O–H groups in total. The van der Waals surface area contributed by atoms with Gasteiger partial charge in [0.25, 0.3) is 0 Å². The van der Waals surface area contributed by atoms with Crippen molar-refractivity contribution >= 4 is 11.0 Å². The van der Waals surface area contributed by atoms with Gasteiger partial charge in [-0.2, -0.15) is 0 Å². The third kappa shape index (κ3) is 1.69. The average Bonchev–Trinajstić information content (AvgIpc) is 2.66. The summed E-state index contributed by atoms with van der Waals surface area (Å²) in [6.45, 7) is 4.17. The van der Waals surface area contributed by atoms with Gasteiger partial charge in [-0.1, -0.05) is 19.1 Å². The van der Waals surface area contributed by atoms with E-state index in [9.17, 15) is 4.79 Å². The van der Waals surface area contributed by atoms with Crippen LogP contribution in [0.2, 0.25) is 0 Å². The van der Waals surface area contributed by atoms with Crippen LogP contribution >= 0.6 is 0 Å². The second kappa shape index (κ2) is 4.04. The number of benzene rings is 1. The fourth-order valence-corrected chi connectivity index (χ4v) is 2.79. The number of nitrogens with zero attached hydrogens (tertiary/aromatic N) is 1. The highest BCUT2D eigenvalue weighted by atomic mass is 16.1. The van der Waals surface area contributed by atoms with Gasteiger partial charge in [-0.15, -0.1) is 0 Å². The van der Waals surface area contributed by atoms with Crippen molar-refractivity contribution in [3.8, 4) is 0 Å². The number of fused-ring (bicyclic) bond motifs is 1. The molecular formula is C13H17N3O. The molecule has 90 valence electrons. The fourth-order valence-electron chi connectivity index (χ4n) is 2.79. The Hall–Kier alpha value is -1.55. The van der Waals surface area contributed by atoms with Crippen molar-refractivity contribution in [3.05, 3.63) is 34.7 Å². The zero-order chi connectivity index (χ0) is 11.8. The molecule has 0 radical (unpaired) electrons. The number of nitrogens with one attached hydrogen (secondary N) is 2. The normalized spacial score (nSPS) is 25.2. The monoisotopic (exact) mass is 231 g/mol. The highest BCUT2D eigenvalue weighted by Gasteiger charge is 2.25. The van der Waals surface area contributed by atoms with Gasteiger partial charge in [-0.3, -0.25) is 4.57 Å². The molecule has 2 heterocycles. The lowest BCUT2D eigenvalue weighted by Gasteiger charge is -2.30. The van der Waals surface area contributed by atoms with E-state index in [2.05, 4.69) is 17.2 Å². The van der Waals surface area contributed by atoms with Gasteiger partial charge < -0.3 is 10.3 Å². The van der Waals surface area contributed by atoms with Gasteiger partial charge in [-0.05, 0) is 37.6 Å². The molecule has 3 rings (SSSR count). The van der Waals surface area contributed by atoms with E-state index >= 15 is 0 Å². The molecule has 0 saturated carbocycles. The van der Waals surface area contributed by atoms with Crippen molar-refractivity contribution in [3.63, 3.8) is 0 Å². The van der Waals surface area contributed by atoms with E-state index in [0.717, 1.165) is 30.5 Å². The minimum atomic E-state index is 0.0185. The molecule has 0 unspecified atom stereocenters. The molecule has 0 amide bonds. The maximum Gasteiger partial charge on any atom is 0.326 e. The number of hydrogen-bond acceptors (Lipinski definition) is 2. The Morgan fingerprint density at radius 3 is 3.00 bits per heavy atom. The third-order valence-electron chi connectivity index (χ3n) is 3.70. The fraction of sp³-hybridized carbons (Fsp3) is 0.462. The Kier molecular flexibility index (Phi) is 2.52. The quantitative estimate of drug-likeness (QED) is 0.781. The molecule has 0 bridgehead atoms. The maximum absolute atomic E-state index is 12.1. The summed E-state index contributed by atoms with van der Waals surface area (Å²) in [4.78, 5) is 15.0. The summed E-state index contributed by atoms with van der Waals surface area (Å²) in [5.74, 6) is 0.487. The van der Waals surface area contributed by atoms with Crippen LogP contribution < -0.4 is 11.0 Å². The number of rotatable bonds is 1. The molecule has 1 saturated heterocycles. The van der Waals surface area contributed by atoms with Gasteiger partial charge in [0.05, 0.1) is 11.0 Å². The predicted molar refractivity (Wildman–Crippen MR) is 68.2 cm³/mol. The van der Waals surface area contributed by atoms with Crippen molar-refractivity contribution < 1.29 is 0 Å². The highest BCUT2D eigenvalue weighted by molar-refractivity contribution is 5.75. The van der Waals surface area contributed by atoms with E-state index < -0.39 is 0 Å². The summed E-state index contributed by atoms with van der Waals surface area (Å²) < 4.78 is 1.93. The van der Waals surface area contributed by atoms with Crippen LogP contribution in [0.3, 0.4) is 0 Å². The number of hydrogen-bond donors (Lipinski definition) is 2. The zero-order valence-corrected chi connectivity index (χ0v) is 9.94. The van der Waals surface area contributed by atoms with Crippen LogP contribution in [0, 0.1) is 5.92 Å². The molecular weight excluding hydrogens is 214 g/mol. The lowest BCUT2D eigenvalue weighted by Crippen LogP contribution is -2.39. The first-order valence-electron chi connectivity index (χ1n) is 6.17. The van der Waals surface area contributed by atoms with Gasteiger partial charge >= 0.3 is 5.69 Å². The maximum atomic E-state index is 12.1. The van der Waals surface area contributed by atoms with E-state index in [-0.39, 0.29) is 5.69 Å². The number of imidazole rings is 1. The average molecular weight is 231 g/mol. The molecule has 1 aromatic carbocycles. The summed E-state index contributed by atoms with van der Waals surface area (Å²) in [6, 6.07) is 8.22. The Morgan fingerprint density at radius 1 is 1.35 bits per heavy atom. The van der Waals surface area contributed by atoms with Gasteiger partial charge in [0, 0.05) is 6.04 Å². The van der Waals surface area contributed by atoms with E-state index in [1.165, 1.54) is 0 Å². The minimum Gasteiger partial charge on any atom is -0.316 e. The number of H-pyrrole nitrogens is 1. The Balaban J connectivity index is 2.15. The molecule has 1 aliphatic rings. The van der Waals surface area contributed by atoms with Crippen molar-refractivity contribution in [1.29, 1.82) is 0 Å². The topological polar surface area (TPSA) is 49.8 Å². The van der Waals surface area contributed by atoms with Crippen LogP contribution in [0.15, 0.2) is 29.1 Å². The molecule has 1 fully saturated rings. The molecule has 4 heteroatoms. The minimum absolute atomic E-state index is 0.0185. The Bertz CT molecular complexity index is 584.